The Labute approximate surface area is 411 Å². The molecule has 15 rings (SSSR count). The normalized spacial score (nSPS) is 13.9. The van der Waals surface area contributed by atoms with E-state index in [0.29, 0.717) is 0 Å². The summed E-state index contributed by atoms with van der Waals surface area (Å²) in [5, 5.41) is 4.38. The summed E-state index contributed by atoms with van der Waals surface area (Å²) in [6.45, 7) is 0. The minimum atomic E-state index is -0.647. The molecule has 0 saturated carbocycles. The maximum absolute atomic E-state index is 7.14. The number of para-hydroxylation sites is 3. The van der Waals surface area contributed by atoms with Crippen LogP contribution >= 0.6 is 0 Å². The molecule has 0 bridgehead atoms. The van der Waals surface area contributed by atoms with Crippen LogP contribution in [0.3, 0.4) is 0 Å². The van der Waals surface area contributed by atoms with Crippen molar-refractivity contribution >= 4 is 60.9 Å². The van der Waals surface area contributed by atoms with Gasteiger partial charge in [-0.3, -0.25) is 0 Å². The number of benzene rings is 11. The Balaban J connectivity index is 0.968. The van der Waals surface area contributed by atoms with E-state index >= 15 is 0 Å². The highest BCUT2D eigenvalue weighted by Gasteiger charge is 2.48. The average molecular weight is 906 g/mol. The second kappa shape index (κ2) is 15.2. The lowest BCUT2D eigenvalue weighted by atomic mass is 9.67. The number of nitrogens with zero attached hydrogens (tertiary/aromatic N) is 1. The minimum Gasteiger partial charge on any atom is -0.456 e. The molecule has 0 radical (unpaired) electrons. The second-order valence-electron chi connectivity index (χ2n) is 19.0. The van der Waals surface area contributed by atoms with Crippen LogP contribution in [-0.4, -0.2) is 0 Å². The lowest BCUT2D eigenvalue weighted by Crippen LogP contribution is -2.28. The van der Waals surface area contributed by atoms with Crippen LogP contribution in [0.25, 0.3) is 66.1 Å². The summed E-state index contributed by atoms with van der Waals surface area (Å²) < 4.78 is 13.7. The van der Waals surface area contributed by atoms with Crippen LogP contribution in [0, 0.1) is 0 Å². The van der Waals surface area contributed by atoms with Crippen molar-refractivity contribution in [3.05, 3.63) is 305 Å². The lowest BCUT2D eigenvalue weighted by molar-refractivity contribution is 0.668. The Morgan fingerprint density at radius 2 is 0.789 bits per heavy atom. The maximum atomic E-state index is 7.14. The molecule has 71 heavy (non-hydrogen) atoms. The van der Waals surface area contributed by atoms with Crippen molar-refractivity contribution in [1.29, 1.82) is 0 Å². The molecule has 0 atom stereocenters. The Morgan fingerprint density at radius 3 is 1.46 bits per heavy atom. The third-order valence-electron chi connectivity index (χ3n) is 15.6. The number of anilines is 3. The third kappa shape index (κ3) is 5.49. The number of rotatable bonds is 7. The van der Waals surface area contributed by atoms with E-state index in [1.54, 1.807) is 0 Å². The van der Waals surface area contributed by atoms with Crippen molar-refractivity contribution in [3.8, 4) is 22.3 Å². The zero-order chi connectivity index (χ0) is 46.7. The topological polar surface area (TPSA) is 29.5 Å². The van der Waals surface area contributed by atoms with Crippen LogP contribution in [0.5, 0.6) is 0 Å². The van der Waals surface area contributed by atoms with E-state index in [9.17, 15) is 0 Å². The SMILES string of the molecule is c1ccc(N(c2ccc3c(c2)C(c2ccccc2)(c2ccccc2)c2cc4c(cc2-3)oc2ccccc24)c2cccc3c2oc2ccc(C4(c5ccccc5)c5ccccc5-c5ccccc54)cc23)cc1. The molecule has 0 unspecified atom stereocenters. The van der Waals surface area contributed by atoms with Crippen LogP contribution in [0.1, 0.15) is 44.5 Å². The summed E-state index contributed by atoms with van der Waals surface area (Å²) in [6, 6.07) is 95.2. The van der Waals surface area contributed by atoms with Gasteiger partial charge < -0.3 is 13.7 Å². The quantitative estimate of drug-likeness (QED) is 0.160. The van der Waals surface area contributed by atoms with E-state index in [2.05, 4.69) is 260 Å². The predicted molar refractivity (Wildman–Crippen MR) is 290 cm³/mol. The van der Waals surface area contributed by atoms with Crippen molar-refractivity contribution < 1.29 is 8.83 Å². The summed E-state index contributed by atoms with van der Waals surface area (Å²) in [5.74, 6) is 0. The van der Waals surface area contributed by atoms with E-state index in [-0.39, 0.29) is 0 Å². The standard InChI is InChI=1S/C68H43NO2/c1-5-20-44(21-6-1)67(45-22-7-2-8-23-45)60-41-49(37-38-52(60)55-43-65-57(42-61(55)67)53-30-15-18-35-63(53)70-65)69(48-26-11-4-12-27-48)62-34-19-31-54-56-40-47(36-39-64(56)71-66(54)62)68(46-24-9-3-10-25-46)58-32-16-13-28-50(58)51-29-14-17-33-59(51)68/h1-43H. The fourth-order valence-electron chi connectivity index (χ4n) is 12.7. The number of hydrogen-bond acceptors (Lipinski definition) is 3. The van der Waals surface area contributed by atoms with Crippen molar-refractivity contribution in [1.82, 2.24) is 0 Å². The van der Waals surface area contributed by atoms with Gasteiger partial charge in [-0.15, -0.1) is 0 Å². The van der Waals surface area contributed by atoms with Crippen LogP contribution < -0.4 is 4.90 Å². The van der Waals surface area contributed by atoms with Gasteiger partial charge in [0.05, 0.1) is 16.5 Å². The molecule has 3 heteroatoms. The highest BCUT2D eigenvalue weighted by atomic mass is 16.3. The van der Waals surface area contributed by atoms with E-state index in [0.717, 1.165) is 60.9 Å². The summed E-state index contributed by atoms with van der Waals surface area (Å²) in [6.07, 6.45) is 0. The Kier molecular flexibility index (Phi) is 8.49. The molecule has 2 heterocycles. The largest absolute Gasteiger partial charge is 0.456 e. The first-order chi connectivity index (χ1) is 35.2. The molecule has 0 amide bonds. The fourth-order valence-corrected chi connectivity index (χ4v) is 12.7. The van der Waals surface area contributed by atoms with E-state index in [1.165, 1.54) is 66.8 Å². The van der Waals surface area contributed by atoms with Gasteiger partial charge in [-0.2, -0.15) is 0 Å². The van der Waals surface area contributed by atoms with E-state index in [1.807, 2.05) is 6.07 Å². The summed E-state index contributed by atoms with van der Waals surface area (Å²) in [5.41, 5.74) is 20.1. The molecular weight excluding hydrogens is 863 g/mol. The molecule has 2 aliphatic rings. The zero-order valence-corrected chi connectivity index (χ0v) is 38.6. The molecule has 0 spiro atoms. The summed E-state index contributed by atoms with van der Waals surface area (Å²) in [4.78, 5) is 2.38. The number of hydrogen-bond donors (Lipinski definition) is 0. The molecule has 0 aliphatic heterocycles. The molecule has 332 valence electrons. The Bertz CT molecular complexity index is 4140. The van der Waals surface area contributed by atoms with Gasteiger partial charge in [0.15, 0.2) is 5.58 Å². The van der Waals surface area contributed by atoms with Gasteiger partial charge in [0.25, 0.3) is 0 Å². The molecular formula is C68H43NO2. The van der Waals surface area contributed by atoms with Crippen molar-refractivity contribution in [2.24, 2.45) is 0 Å². The molecule has 0 fully saturated rings. The summed E-state index contributed by atoms with van der Waals surface area (Å²) >= 11 is 0. The fraction of sp³-hybridized carbons (Fsp3) is 0.0294. The average Bonchev–Trinajstić information content (AvgIpc) is 4.17. The van der Waals surface area contributed by atoms with Crippen molar-refractivity contribution in [2.45, 2.75) is 10.8 Å². The van der Waals surface area contributed by atoms with Gasteiger partial charge in [-0.1, -0.05) is 200 Å². The third-order valence-corrected chi connectivity index (χ3v) is 15.6. The van der Waals surface area contributed by atoms with Crippen LogP contribution in [-0.2, 0) is 10.8 Å². The van der Waals surface area contributed by atoms with Gasteiger partial charge in [0.1, 0.15) is 16.7 Å². The first-order valence-corrected chi connectivity index (χ1v) is 24.5. The molecule has 11 aromatic carbocycles. The molecule has 0 N–H and O–H groups in total. The first kappa shape index (κ1) is 39.8. The summed E-state index contributed by atoms with van der Waals surface area (Å²) in [7, 11) is 0. The lowest BCUT2D eigenvalue weighted by Gasteiger charge is -2.35. The molecule has 2 aromatic heterocycles. The molecule has 13 aromatic rings. The van der Waals surface area contributed by atoms with Crippen molar-refractivity contribution in [2.75, 3.05) is 4.90 Å². The highest BCUT2D eigenvalue weighted by Crippen LogP contribution is 2.60. The van der Waals surface area contributed by atoms with Crippen LogP contribution in [0.2, 0.25) is 0 Å². The molecule has 2 aliphatic carbocycles. The van der Waals surface area contributed by atoms with Gasteiger partial charge in [-0.25, -0.2) is 0 Å². The Hall–Kier alpha value is -9.18. The minimum absolute atomic E-state index is 0.526. The van der Waals surface area contributed by atoms with Gasteiger partial charge >= 0.3 is 0 Å². The first-order valence-electron chi connectivity index (χ1n) is 24.5. The highest BCUT2D eigenvalue weighted by molar-refractivity contribution is 6.11. The predicted octanol–water partition coefficient (Wildman–Crippen LogP) is 17.7. The Morgan fingerprint density at radius 1 is 0.268 bits per heavy atom. The second-order valence-corrected chi connectivity index (χ2v) is 19.0. The van der Waals surface area contributed by atoms with Gasteiger partial charge in [-0.05, 0) is 127 Å². The van der Waals surface area contributed by atoms with E-state index < -0.39 is 10.8 Å². The maximum Gasteiger partial charge on any atom is 0.159 e. The smallest absolute Gasteiger partial charge is 0.159 e. The van der Waals surface area contributed by atoms with Gasteiger partial charge in [0.2, 0.25) is 0 Å². The van der Waals surface area contributed by atoms with Crippen LogP contribution in [0.4, 0.5) is 17.1 Å². The monoisotopic (exact) mass is 905 g/mol. The molecule has 3 nitrogen and oxygen atoms in total. The number of fused-ring (bicyclic) bond motifs is 12. The van der Waals surface area contributed by atoms with E-state index in [4.69, 9.17) is 8.83 Å². The van der Waals surface area contributed by atoms with Crippen LogP contribution in [0.15, 0.2) is 270 Å². The van der Waals surface area contributed by atoms with Crippen molar-refractivity contribution in [3.63, 3.8) is 0 Å². The zero-order valence-electron chi connectivity index (χ0n) is 38.6. The molecule has 0 saturated heterocycles. The number of furan rings is 2. The van der Waals surface area contributed by atoms with Gasteiger partial charge in [0, 0.05) is 32.9 Å².